The van der Waals surface area contributed by atoms with Gasteiger partial charge in [-0.3, -0.25) is 4.90 Å². The van der Waals surface area contributed by atoms with Crippen molar-refractivity contribution in [2.24, 2.45) is 0 Å². The molecule has 0 spiro atoms. The lowest BCUT2D eigenvalue weighted by Crippen LogP contribution is -2.37. The quantitative estimate of drug-likeness (QED) is 0.822. The fraction of sp³-hybridized carbons (Fsp3) is 0.533. The maximum absolute atomic E-state index is 9.09. The van der Waals surface area contributed by atoms with E-state index in [0.29, 0.717) is 0 Å². The molecule has 1 N–H and O–H groups in total. The first-order chi connectivity index (χ1) is 9.29. The van der Waals surface area contributed by atoms with Crippen molar-refractivity contribution in [2.45, 2.75) is 13.3 Å². The third-order valence-corrected chi connectivity index (χ3v) is 3.37. The van der Waals surface area contributed by atoms with Gasteiger partial charge in [-0.2, -0.15) is 5.26 Å². The molecule has 19 heavy (non-hydrogen) atoms. The van der Waals surface area contributed by atoms with Crippen LogP contribution < -0.4 is 5.32 Å². The van der Waals surface area contributed by atoms with Crippen molar-refractivity contribution < 1.29 is 4.74 Å². The standard InChI is InChI=1S/C15H21N3O/c1-13-3-4-15(14(11-13)12-16)17-5-2-6-18-7-9-19-10-8-18/h3-4,11,17H,2,5-10H2,1H3. The van der Waals surface area contributed by atoms with E-state index < -0.39 is 0 Å². The summed E-state index contributed by atoms with van der Waals surface area (Å²) >= 11 is 0. The second-order valence-electron chi connectivity index (χ2n) is 4.90. The van der Waals surface area contributed by atoms with Gasteiger partial charge in [-0.05, 0) is 37.6 Å². The molecule has 1 fully saturated rings. The molecule has 0 radical (unpaired) electrons. The van der Waals surface area contributed by atoms with Crippen LogP contribution in [0.1, 0.15) is 17.5 Å². The molecule has 0 saturated carbocycles. The first-order valence-corrected chi connectivity index (χ1v) is 6.84. The zero-order valence-electron chi connectivity index (χ0n) is 11.5. The van der Waals surface area contributed by atoms with Crippen molar-refractivity contribution in [2.75, 3.05) is 44.7 Å². The van der Waals surface area contributed by atoms with Gasteiger partial charge >= 0.3 is 0 Å². The predicted octanol–water partition coefficient (Wildman–Crippen LogP) is 2.00. The maximum atomic E-state index is 9.09. The molecule has 0 atom stereocenters. The van der Waals surface area contributed by atoms with E-state index in [-0.39, 0.29) is 0 Å². The first kappa shape index (κ1) is 13.9. The maximum Gasteiger partial charge on any atom is 0.101 e. The van der Waals surface area contributed by atoms with E-state index in [1.807, 2.05) is 25.1 Å². The van der Waals surface area contributed by atoms with Crippen LogP contribution in [0.3, 0.4) is 0 Å². The Bertz CT molecular complexity index is 447. The van der Waals surface area contributed by atoms with Crippen LogP contribution in [0.2, 0.25) is 0 Å². The molecule has 4 nitrogen and oxygen atoms in total. The molecule has 2 rings (SSSR count). The number of hydrogen-bond acceptors (Lipinski definition) is 4. The molecular weight excluding hydrogens is 238 g/mol. The average Bonchev–Trinajstić information content (AvgIpc) is 2.46. The van der Waals surface area contributed by atoms with E-state index in [1.165, 1.54) is 0 Å². The van der Waals surface area contributed by atoms with Crippen LogP contribution in [-0.4, -0.2) is 44.3 Å². The summed E-state index contributed by atoms with van der Waals surface area (Å²) < 4.78 is 5.32. The molecular formula is C15H21N3O. The number of anilines is 1. The van der Waals surface area contributed by atoms with Crippen molar-refractivity contribution in [3.8, 4) is 6.07 Å². The molecule has 0 aromatic heterocycles. The Hall–Kier alpha value is -1.57. The molecule has 0 bridgehead atoms. The summed E-state index contributed by atoms with van der Waals surface area (Å²) in [6.07, 6.45) is 1.08. The van der Waals surface area contributed by atoms with Gasteiger partial charge in [0.1, 0.15) is 6.07 Å². The number of aryl methyl sites for hydroxylation is 1. The lowest BCUT2D eigenvalue weighted by molar-refractivity contribution is 0.0378. The van der Waals surface area contributed by atoms with Gasteiger partial charge < -0.3 is 10.1 Å². The second kappa shape index (κ2) is 7.13. The molecule has 1 aromatic carbocycles. The highest BCUT2D eigenvalue weighted by Crippen LogP contribution is 2.16. The number of nitrogens with zero attached hydrogens (tertiary/aromatic N) is 2. The minimum atomic E-state index is 0.728. The monoisotopic (exact) mass is 259 g/mol. The van der Waals surface area contributed by atoms with Crippen molar-refractivity contribution in [3.05, 3.63) is 29.3 Å². The molecule has 1 saturated heterocycles. The van der Waals surface area contributed by atoms with E-state index in [9.17, 15) is 0 Å². The van der Waals surface area contributed by atoms with Gasteiger partial charge in [0.05, 0.1) is 24.5 Å². The number of nitrogens with one attached hydrogen (secondary N) is 1. The largest absolute Gasteiger partial charge is 0.384 e. The summed E-state index contributed by atoms with van der Waals surface area (Å²) in [5.74, 6) is 0. The highest BCUT2D eigenvalue weighted by Gasteiger charge is 2.09. The second-order valence-corrected chi connectivity index (χ2v) is 4.90. The Morgan fingerprint density at radius 2 is 2.16 bits per heavy atom. The van der Waals surface area contributed by atoms with Crippen molar-refractivity contribution in [1.29, 1.82) is 5.26 Å². The molecule has 102 valence electrons. The Morgan fingerprint density at radius 3 is 2.89 bits per heavy atom. The minimum Gasteiger partial charge on any atom is -0.384 e. The molecule has 4 heteroatoms. The van der Waals surface area contributed by atoms with Crippen LogP contribution in [0.25, 0.3) is 0 Å². The third-order valence-electron chi connectivity index (χ3n) is 3.37. The number of morpholine rings is 1. The summed E-state index contributed by atoms with van der Waals surface area (Å²) in [6.45, 7) is 7.76. The summed E-state index contributed by atoms with van der Waals surface area (Å²) in [7, 11) is 0. The van der Waals surface area contributed by atoms with Crippen molar-refractivity contribution in [3.63, 3.8) is 0 Å². The summed E-state index contributed by atoms with van der Waals surface area (Å²) in [5.41, 5.74) is 2.79. The summed E-state index contributed by atoms with van der Waals surface area (Å²) in [5, 5.41) is 12.4. The predicted molar refractivity (Wildman–Crippen MR) is 76.3 cm³/mol. The van der Waals surface area contributed by atoms with Gasteiger partial charge in [0.2, 0.25) is 0 Å². The molecule has 1 aliphatic heterocycles. The number of benzene rings is 1. The Balaban J connectivity index is 1.75. The van der Waals surface area contributed by atoms with Gasteiger partial charge in [0.15, 0.2) is 0 Å². The number of ether oxygens (including phenoxy) is 1. The van der Waals surface area contributed by atoms with Crippen molar-refractivity contribution >= 4 is 5.69 Å². The minimum absolute atomic E-state index is 0.728. The van der Waals surface area contributed by atoms with E-state index >= 15 is 0 Å². The van der Waals surface area contributed by atoms with Crippen LogP contribution in [0.4, 0.5) is 5.69 Å². The SMILES string of the molecule is Cc1ccc(NCCCN2CCOCC2)c(C#N)c1. The highest BCUT2D eigenvalue weighted by molar-refractivity contribution is 5.58. The van der Waals surface area contributed by atoms with Crippen LogP contribution in [0, 0.1) is 18.3 Å². The van der Waals surface area contributed by atoms with E-state index in [4.69, 9.17) is 10.00 Å². The van der Waals surface area contributed by atoms with Crippen LogP contribution >= 0.6 is 0 Å². The van der Waals surface area contributed by atoms with E-state index in [2.05, 4.69) is 16.3 Å². The highest BCUT2D eigenvalue weighted by atomic mass is 16.5. The molecule has 0 amide bonds. The molecule has 0 aliphatic carbocycles. The fourth-order valence-electron chi connectivity index (χ4n) is 2.26. The number of rotatable bonds is 5. The molecule has 1 aliphatic rings. The normalized spacial score (nSPS) is 16.0. The molecule has 1 heterocycles. The molecule has 1 aromatic rings. The Labute approximate surface area is 115 Å². The van der Waals surface area contributed by atoms with Gasteiger partial charge in [0, 0.05) is 19.6 Å². The Kier molecular flexibility index (Phi) is 5.20. The van der Waals surface area contributed by atoms with Crippen LogP contribution in [-0.2, 0) is 4.74 Å². The number of nitriles is 1. The summed E-state index contributed by atoms with van der Waals surface area (Å²) in [6, 6.07) is 8.18. The van der Waals surface area contributed by atoms with Gasteiger partial charge in [-0.1, -0.05) is 6.07 Å². The zero-order valence-corrected chi connectivity index (χ0v) is 11.5. The fourth-order valence-corrected chi connectivity index (χ4v) is 2.26. The van der Waals surface area contributed by atoms with Crippen LogP contribution in [0.15, 0.2) is 18.2 Å². The van der Waals surface area contributed by atoms with Gasteiger partial charge in [-0.15, -0.1) is 0 Å². The summed E-state index contributed by atoms with van der Waals surface area (Å²) in [4.78, 5) is 2.42. The van der Waals surface area contributed by atoms with Gasteiger partial charge in [0.25, 0.3) is 0 Å². The third kappa shape index (κ3) is 4.23. The Morgan fingerprint density at radius 1 is 1.37 bits per heavy atom. The topological polar surface area (TPSA) is 48.3 Å². The first-order valence-electron chi connectivity index (χ1n) is 6.84. The van der Waals surface area contributed by atoms with E-state index in [1.54, 1.807) is 0 Å². The lowest BCUT2D eigenvalue weighted by Gasteiger charge is -2.26. The van der Waals surface area contributed by atoms with Gasteiger partial charge in [-0.25, -0.2) is 0 Å². The zero-order chi connectivity index (χ0) is 13.5. The number of hydrogen-bond donors (Lipinski definition) is 1. The van der Waals surface area contributed by atoms with Crippen molar-refractivity contribution in [1.82, 2.24) is 4.90 Å². The average molecular weight is 259 g/mol. The van der Waals surface area contributed by atoms with Crippen LogP contribution in [0.5, 0.6) is 0 Å². The smallest absolute Gasteiger partial charge is 0.101 e. The van der Waals surface area contributed by atoms with E-state index in [0.717, 1.165) is 62.6 Å². The lowest BCUT2D eigenvalue weighted by atomic mass is 10.1. The molecule has 0 unspecified atom stereocenters.